The number of likely N-dealkylation sites (tertiary alicyclic amines) is 1. The molecule has 0 aromatic carbocycles. The number of nitrogens with one attached hydrogen (secondary N) is 1. The van der Waals surface area contributed by atoms with Gasteiger partial charge >= 0.3 is 0 Å². The van der Waals surface area contributed by atoms with E-state index in [1.807, 2.05) is 6.92 Å². The van der Waals surface area contributed by atoms with Crippen LogP contribution in [0.25, 0.3) is 0 Å². The van der Waals surface area contributed by atoms with E-state index in [2.05, 4.69) is 12.2 Å². The zero-order valence-corrected chi connectivity index (χ0v) is 9.49. The third kappa shape index (κ3) is 1.88. The molecule has 0 saturated carbocycles. The van der Waals surface area contributed by atoms with Crippen LogP contribution in [0.2, 0.25) is 0 Å². The molecule has 15 heavy (non-hydrogen) atoms. The molecule has 4 heteroatoms. The van der Waals surface area contributed by atoms with Crippen molar-refractivity contribution >= 4 is 5.91 Å². The SMILES string of the molecule is CCC1(O)CN(C(=O)C2CNCC2C)C1. The number of aliphatic hydroxyl groups is 1. The second kappa shape index (κ2) is 3.76. The second-order valence-electron chi connectivity index (χ2n) is 5.01. The van der Waals surface area contributed by atoms with Crippen molar-refractivity contribution in [3.63, 3.8) is 0 Å². The fourth-order valence-electron chi connectivity index (χ4n) is 2.42. The quantitative estimate of drug-likeness (QED) is 0.668. The van der Waals surface area contributed by atoms with Crippen molar-refractivity contribution in [3.8, 4) is 0 Å². The van der Waals surface area contributed by atoms with Crippen molar-refractivity contribution in [2.75, 3.05) is 26.2 Å². The lowest BCUT2D eigenvalue weighted by Gasteiger charge is -2.47. The van der Waals surface area contributed by atoms with E-state index in [1.54, 1.807) is 4.90 Å². The van der Waals surface area contributed by atoms with Gasteiger partial charge in [0, 0.05) is 6.54 Å². The van der Waals surface area contributed by atoms with E-state index in [0.717, 1.165) is 19.5 Å². The number of carbonyl (C=O) groups is 1. The third-order valence-corrected chi connectivity index (χ3v) is 3.77. The Bertz CT molecular complexity index is 261. The molecule has 0 bridgehead atoms. The first-order chi connectivity index (χ1) is 7.06. The van der Waals surface area contributed by atoms with E-state index in [1.165, 1.54) is 0 Å². The molecule has 0 radical (unpaired) electrons. The fourth-order valence-corrected chi connectivity index (χ4v) is 2.42. The molecule has 2 N–H and O–H groups in total. The lowest BCUT2D eigenvalue weighted by Crippen LogP contribution is -2.64. The van der Waals surface area contributed by atoms with E-state index in [4.69, 9.17) is 0 Å². The Morgan fingerprint density at radius 1 is 1.53 bits per heavy atom. The van der Waals surface area contributed by atoms with Gasteiger partial charge in [-0.1, -0.05) is 13.8 Å². The van der Waals surface area contributed by atoms with Gasteiger partial charge in [0.25, 0.3) is 0 Å². The summed E-state index contributed by atoms with van der Waals surface area (Å²) >= 11 is 0. The van der Waals surface area contributed by atoms with Crippen LogP contribution in [0.1, 0.15) is 20.3 Å². The van der Waals surface area contributed by atoms with Crippen LogP contribution in [0, 0.1) is 11.8 Å². The Balaban J connectivity index is 1.89. The lowest BCUT2D eigenvalue weighted by atomic mass is 9.88. The predicted octanol–water partition coefficient (Wildman–Crippen LogP) is -0.175. The van der Waals surface area contributed by atoms with Crippen LogP contribution < -0.4 is 5.32 Å². The van der Waals surface area contributed by atoms with Crippen LogP contribution >= 0.6 is 0 Å². The van der Waals surface area contributed by atoms with Crippen LogP contribution in [0.4, 0.5) is 0 Å². The average Bonchev–Trinajstić information content (AvgIpc) is 2.58. The molecule has 0 spiro atoms. The molecule has 0 aromatic rings. The minimum absolute atomic E-state index is 0.117. The summed E-state index contributed by atoms with van der Waals surface area (Å²) < 4.78 is 0. The second-order valence-corrected chi connectivity index (χ2v) is 5.01. The molecular formula is C11H20N2O2. The van der Waals surface area contributed by atoms with Crippen molar-refractivity contribution in [1.29, 1.82) is 0 Å². The standard InChI is InChI=1S/C11H20N2O2/c1-3-11(15)6-13(7-11)10(14)9-5-12-4-8(9)2/h8-9,12,15H,3-7H2,1-2H3. The molecule has 2 rings (SSSR count). The number of hydrogen-bond donors (Lipinski definition) is 2. The minimum Gasteiger partial charge on any atom is -0.386 e. The van der Waals surface area contributed by atoms with Crippen LogP contribution in [0.5, 0.6) is 0 Å². The zero-order chi connectivity index (χ0) is 11.1. The summed E-state index contributed by atoms with van der Waals surface area (Å²) in [4.78, 5) is 13.8. The summed E-state index contributed by atoms with van der Waals surface area (Å²) in [5.41, 5.74) is -0.606. The number of nitrogens with zero attached hydrogens (tertiary/aromatic N) is 1. The van der Waals surface area contributed by atoms with Crippen molar-refractivity contribution in [3.05, 3.63) is 0 Å². The number of amides is 1. The van der Waals surface area contributed by atoms with Crippen LogP contribution in [0.15, 0.2) is 0 Å². The van der Waals surface area contributed by atoms with E-state index < -0.39 is 5.60 Å². The topological polar surface area (TPSA) is 52.6 Å². The van der Waals surface area contributed by atoms with E-state index >= 15 is 0 Å². The fraction of sp³-hybridized carbons (Fsp3) is 0.909. The molecule has 0 aromatic heterocycles. The smallest absolute Gasteiger partial charge is 0.227 e. The molecule has 2 saturated heterocycles. The average molecular weight is 212 g/mol. The highest BCUT2D eigenvalue weighted by molar-refractivity contribution is 5.80. The van der Waals surface area contributed by atoms with Gasteiger partial charge in [-0.3, -0.25) is 4.79 Å². The number of rotatable bonds is 2. The van der Waals surface area contributed by atoms with E-state index in [-0.39, 0.29) is 11.8 Å². The van der Waals surface area contributed by atoms with Gasteiger partial charge in [0.05, 0.1) is 24.6 Å². The summed E-state index contributed by atoms with van der Waals surface area (Å²) in [6.45, 7) is 6.83. The Morgan fingerprint density at radius 3 is 2.67 bits per heavy atom. The molecule has 2 aliphatic heterocycles. The highest BCUT2D eigenvalue weighted by atomic mass is 16.3. The van der Waals surface area contributed by atoms with Gasteiger partial charge in [-0.15, -0.1) is 0 Å². The maximum atomic E-state index is 12.0. The van der Waals surface area contributed by atoms with Crippen molar-refractivity contribution in [1.82, 2.24) is 10.2 Å². The summed E-state index contributed by atoms with van der Waals surface area (Å²) in [5, 5.41) is 13.1. The Labute approximate surface area is 90.6 Å². The van der Waals surface area contributed by atoms with Gasteiger partial charge in [0.15, 0.2) is 0 Å². The molecular weight excluding hydrogens is 192 g/mol. The maximum absolute atomic E-state index is 12.0. The summed E-state index contributed by atoms with van der Waals surface area (Å²) in [7, 11) is 0. The number of hydrogen-bond acceptors (Lipinski definition) is 3. The monoisotopic (exact) mass is 212 g/mol. The van der Waals surface area contributed by atoms with Gasteiger partial charge in [-0.25, -0.2) is 0 Å². The maximum Gasteiger partial charge on any atom is 0.227 e. The molecule has 0 aliphatic carbocycles. The number of β-amino-alcohol motifs (C(OH)–C–C–N with tert-alkyl or cyclic N) is 1. The van der Waals surface area contributed by atoms with Gasteiger partial charge < -0.3 is 15.3 Å². The van der Waals surface area contributed by atoms with Crippen molar-refractivity contribution < 1.29 is 9.90 Å². The molecule has 2 unspecified atom stereocenters. The number of carbonyl (C=O) groups excluding carboxylic acids is 1. The van der Waals surface area contributed by atoms with Crippen LogP contribution in [-0.2, 0) is 4.79 Å². The van der Waals surface area contributed by atoms with Gasteiger partial charge in [-0.05, 0) is 18.9 Å². The van der Waals surface area contributed by atoms with Crippen molar-refractivity contribution in [2.24, 2.45) is 11.8 Å². The van der Waals surface area contributed by atoms with E-state index in [0.29, 0.717) is 19.0 Å². The van der Waals surface area contributed by atoms with Gasteiger partial charge in [-0.2, -0.15) is 0 Å². The molecule has 2 atom stereocenters. The molecule has 4 nitrogen and oxygen atoms in total. The minimum atomic E-state index is -0.606. The molecule has 2 heterocycles. The Hall–Kier alpha value is -0.610. The van der Waals surface area contributed by atoms with Crippen LogP contribution in [-0.4, -0.2) is 47.7 Å². The highest BCUT2D eigenvalue weighted by Gasteiger charge is 2.45. The van der Waals surface area contributed by atoms with E-state index in [9.17, 15) is 9.90 Å². The van der Waals surface area contributed by atoms with Crippen LogP contribution in [0.3, 0.4) is 0 Å². The first-order valence-corrected chi connectivity index (χ1v) is 5.77. The summed E-state index contributed by atoms with van der Waals surface area (Å²) in [5.74, 6) is 0.754. The lowest BCUT2D eigenvalue weighted by molar-refractivity contribution is -0.160. The van der Waals surface area contributed by atoms with Gasteiger partial charge in [0.1, 0.15) is 0 Å². The molecule has 2 aliphatic rings. The summed E-state index contributed by atoms with van der Waals surface area (Å²) in [6, 6.07) is 0. The molecule has 86 valence electrons. The highest BCUT2D eigenvalue weighted by Crippen LogP contribution is 2.28. The Morgan fingerprint density at radius 2 is 2.20 bits per heavy atom. The first kappa shape index (κ1) is 10.9. The van der Waals surface area contributed by atoms with Crippen molar-refractivity contribution in [2.45, 2.75) is 25.9 Å². The first-order valence-electron chi connectivity index (χ1n) is 5.77. The molecule has 1 amide bonds. The summed E-state index contributed by atoms with van der Waals surface area (Å²) in [6.07, 6.45) is 0.731. The zero-order valence-electron chi connectivity index (χ0n) is 9.49. The predicted molar refractivity (Wildman–Crippen MR) is 57.3 cm³/mol. The third-order valence-electron chi connectivity index (χ3n) is 3.77. The normalized spacial score (nSPS) is 33.9. The largest absolute Gasteiger partial charge is 0.386 e. The molecule has 2 fully saturated rings. The Kier molecular flexibility index (Phi) is 2.73. The van der Waals surface area contributed by atoms with Gasteiger partial charge in [0.2, 0.25) is 5.91 Å².